The van der Waals surface area contributed by atoms with Gasteiger partial charge in [0.1, 0.15) is 11.5 Å². The number of rotatable bonds is 6. The Hall–Kier alpha value is -2.80. The molecule has 1 aliphatic rings. The first kappa shape index (κ1) is 20.9. The standard InChI is InChI=1S/C22H23BrN2O4/c1-4-29-22(27)11-14(2)25-20(18-12-16(23)7-10-21(18)26)13-19(24-25)15-5-8-17(28-3)9-6-15/h5-12,20,26H,4,13H2,1-3H3/b14-11+/t20-/m1/s1. The van der Waals surface area contributed by atoms with Gasteiger partial charge in [0.2, 0.25) is 0 Å². The van der Waals surface area contributed by atoms with Crippen LogP contribution in [0, 0.1) is 0 Å². The Morgan fingerprint density at radius 1 is 1.31 bits per heavy atom. The number of hydrogen-bond acceptors (Lipinski definition) is 6. The third-order valence-corrected chi connectivity index (χ3v) is 5.15. The van der Waals surface area contributed by atoms with Crippen molar-refractivity contribution in [2.45, 2.75) is 26.3 Å². The van der Waals surface area contributed by atoms with Gasteiger partial charge in [-0.3, -0.25) is 5.01 Å². The molecule has 7 heteroatoms. The first-order valence-corrected chi connectivity index (χ1v) is 10.1. The zero-order valence-electron chi connectivity index (χ0n) is 16.6. The molecule has 0 unspecified atom stereocenters. The fourth-order valence-electron chi connectivity index (χ4n) is 3.25. The second-order valence-corrected chi connectivity index (χ2v) is 7.50. The van der Waals surface area contributed by atoms with Gasteiger partial charge in [0.15, 0.2) is 0 Å². The first-order valence-electron chi connectivity index (χ1n) is 9.27. The largest absolute Gasteiger partial charge is 0.508 e. The number of esters is 1. The zero-order valence-corrected chi connectivity index (χ0v) is 18.1. The van der Waals surface area contributed by atoms with Crippen molar-refractivity contribution in [3.8, 4) is 11.5 Å². The predicted molar refractivity (Wildman–Crippen MR) is 115 cm³/mol. The first-order chi connectivity index (χ1) is 13.9. The number of carbonyl (C=O) groups is 1. The van der Waals surface area contributed by atoms with E-state index in [2.05, 4.69) is 15.9 Å². The number of phenolic OH excluding ortho intramolecular Hbond substituents is 1. The predicted octanol–water partition coefficient (Wildman–Crippen LogP) is 4.78. The number of aromatic hydroxyl groups is 1. The smallest absolute Gasteiger partial charge is 0.332 e. The minimum atomic E-state index is -0.421. The average molecular weight is 459 g/mol. The quantitative estimate of drug-likeness (QED) is 0.497. The number of benzene rings is 2. The van der Waals surface area contributed by atoms with Crippen molar-refractivity contribution >= 4 is 27.6 Å². The van der Waals surface area contributed by atoms with Crippen LogP contribution >= 0.6 is 15.9 Å². The summed E-state index contributed by atoms with van der Waals surface area (Å²) >= 11 is 3.47. The molecule has 29 heavy (non-hydrogen) atoms. The molecule has 0 spiro atoms. The Morgan fingerprint density at radius 2 is 2.03 bits per heavy atom. The Morgan fingerprint density at radius 3 is 2.69 bits per heavy atom. The van der Waals surface area contributed by atoms with Gasteiger partial charge < -0.3 is 14.6 Å². The molecule has 0 amide bonds. The number of ether oxygens (including phenoxy) is 2. The normalized spacial score (nSPS) is 16.6. The highest BCUT2D eigenvalue weighted by molar-refractivity contribution is 9.10. The molecule has 3 rings (SSSR count). The Labute approximate surface area is 178 Å². The molecule has 0 saturated heterocycles. The van der Waals surface area contributed by atoms with Crippen LogP contribution in [0.5, 0.6) is 11.5 Å². The molecule has 0 aromatic heterocycles. The van der Waals surface area contributed by atoms with Gasteiger partial charge in [-0.2, -0.15) is 5.10 Å². The minimum Gasteiger partial charge on any atom is -0.508 e. The van der Waals surface area contributed by atoms with Crippen LogP contribution in [0.3, 0.4) is 0 Å². The van der Waals surface area contributed by atoms with E-state index >= 15 is 0 Å². The van der Waals surface area contributed by atoms with E-state index < -0.39 is 5.97 Å². The van der Waals surface area contributed by atoms with Crippen LogP contribution in [0.15, 0.2) is 63.8 Å². The third kappa shape index (κ3) is 4.79. The maximum absolute atomic E-state index is 12.0. The van der Waals surface area contributed by atoms with E-state index in [1.165, 1.54) is 6.08 Å². The fraction of sp³-hybridized carbons (Fsp3) is 0.273. The van der Waals surface area contributed by atoms with Gasteiger partial charge in [0.05, 0.1) is 25.5 Å². The summed E-state index contributed by atoms with van der Waals surface area (Å²) in [7, 11) is 1.62. The van der Waals surface area contributed by atoms with E-state index in [0.717, 1.165) is 27.1 Å². The van der Waals surface area contributed by atoms with Crippen molar-refractivity contribution in [1.29, 1.82) is 0 Å². The third-order valence-electron chi connectivity index (χ3n) is 4.66. The maximum Gasteiger partial charge on any atom is 0.332 e. The highest BCUT2D eigenvalue weighted by Crippen LogP contribution is 2.40. The summed E-state index contributed by atoms with van der Waals surface area (Å²) < 4.78 is 11.1. The summed E-state index contributed by atoms with van der Waals surface area (Å²) in [5.41, 5.74) is 3.17. The van der Waals surface area contributed by atoms with Gasteiger partial charge in [-0.1, -0.05) is 15.9 Å². The van der Waals surface area contributed by atoms with Crippen LogP contribution in [0.4, 0.5) is 0 Å². The molecular formula is C22H23BrN2O4. The molecule has 6 nitrogen and oxygen atoms in total. The fourth-order valence-corrected chi connectivity index (χ4v) is 3.63. The van der Waals surface area contributed by atoms with Gasteiger partial charge in [-0.15, -0.1) is 0 Å². The molecule has 2 aromatic carbocycles. The van der Waals surface area contributed by atoms with Gasteiger partial charge in [0.25, 0.3) is 0 Å². The van der Waals surface area contributed by atoms with E-state index in [0.29, 0.717) is 18.7 Å². The molecule has 152 valence electrons. The lowest BCUT2D eigenvalue weighted by Crippen LogP contribution is -2.19. The second kappa shape index (κ2) is 9.13. The molecule has 0 bridgehead atoms. The summed E-state index contributed by atoms with van der Waals surface area (Å²) in [4.78, 5) is 12.0. The average Bonchev–Trinajstić information content (AvgIpc) is 3.15. The molecular weight excluding hydrogens is 436 g/mol. The number of nitrogens with zero attached hydrogens (tertiary/aromatic N) is 2. The van der Waals surface area contributed by atoms with Crippen molar-refractivity contribution in [2.24, 2.45) is 5.10 Å². The van der Waals surface area contributed by atoms with E-state index in [1.54, 1.807) is 38.1 Å². The second-order valence-electron chi connectivity index (χ2n) is 6.58. The molecule has 0 saturated carbocycles. The summed E-state index contributed by atoms with van der Waals surface area (Å²) in [5, 5.41) is 17.0. The summed E-state index contributed by atoms with van der Waals surface area (Å²) in [6.45, 7) is 3.87. The Balaban J connectivity index is 2.00. The van der Waals surface area contributed by atoms with Crippen LogP contribution in [0.25, 0.3) is 0 Å². The zero-order chi connectivity index (χ0) is 21.0. The molecule has 1 N–H and O–H groups in total. The number of methoxy groups -OCH3 is 1. The van der Waals surface area contributed by atoms with Gasteiger partial charge in [-0.05, 0) is 61.9 Å². The number of carbonyl (C=O) groups excluding carboxylic acids is 1. The number of phenols is 1. The number of hydrogen-bond donors (Lipinski definition) is 1. The summed E-state index contributed by atoms with van der Waals surface area (Å²) in [6, 6.07) is 12.7. The van der Waals surface area contributed by atoms with E-state index in [-0.39, 0.29) is 11.8 Å². The van der Waals surface area contributed by atoms with E-state index in [9.17, 15) is 9.90 Å². The Bertz CT molecular complexity index is 954. The lowest BCUT2D eigenvalue weighted by Gasteiger charge is -2.25. The maximum atomic E-state index is 12.0. The molecule has 1 heterocycles. The molecule has 1 aliphatic heterocycles. The van der Waals surface area contributed by atoms with E-state index in [1.807, 2.05) is 30.3 Å². The van der Waals surface area contributed by atoms with Crippen molar-refractivity contribution in [3.05, 3.63) is 69.8 Å². The van der Waals surface area contributed by atoms with Gasteiger partial charge >= 0.3 is 5.97 Å². The summed E-state index contributed by atoms with van der Waals surface area (Å²) in [6.07, 6.45) is 2.00. The SMILES string of the molecule is CCOC(=O)/C=C(\C)N1N=C(c2ccc(OC)cc2)C[C@@H]1c1cc(Br)ccc1O. The molecule has 0 fully saturated rings. The number of halogens is 1. The monoisotopic (exact) mass is 458 g/mol. The minimum absolute atomic E-state index is 0.179. The van der Waals surface area contributed by atoms with Gasteiger partial charge in [-0.25, -0.2) is 4.79 Å². The molecule has 0 radical (unpaired) electrons. The van der Waals surface area contributed by atoms with Crippen LogP contribution < -0.4 is 4.74 Å². The summed E-state index contributed by atoms with van der Waals surface area (Å²) in [5.74, 6) is 0.525. The van der Waals surface area contributed by atoms with Crippen LogP contribution in [-0.4, -0.2) is 35.5 Å². The van der Waals surface area contributed by atoms with E-state index in [4.69, 9.17) is 14.6 Å². The van der Waals surface area contributed by atoms with Crippen molar-refractivity contribution in [3.63, 3.8) is 0 Å². The molecule has 0 aliphatic carbocycles. The van der Waals surface area contributed by atoms with Crippen molar-refractivity contribution < 1.29 is 19.4 Å². The number of hydrazone groups is 1. The molecule has 1 atom stereocenters. The molecule has 2 aromatic rings. The Kier molecular flexibility index (Phi) is 6.59. The van der Waals surface area contributed by atoms with Crippen LogP contribution in [0.2, 0.25) is 0 Å². The topological polar surface area (TPSA) is 71.4 Å². The lowest BCUT2D eigenvalue weighted by molar-refractivity contribution is -0.137. The number of allylic oxidation sites excluding steroid dienone is 1. The van der Waals surface area contributed by atoms with Gasteiger partial charge in [0, 0.05) is 28.2 Å². The van der Waals surface area contributed by atoms with Crippen LogP contribution in [-0.2, 0) is 9.53 Å². The lowest BCUT2D eigenvalue weighted by atomic mass is 9.97. The van der Waals surface area contributed by atoms with Crippen molar-refractivity contribution in [2.75, 3.05) is 13.7 Å². The van der Waals surface area contributed by atoms with Crippen LogP contribution in [0.1, 0.15) is 37.4 Å². The highest BCUT2D eigenvalue weighted by Gasteiger charge is 2.32. The van der Waals surface area contributed by atoms with Crippen molar-refractivity contribution in [1.82, 2.24) is 5.01 Å². The highest BCUT2D eigenvalue weighted by atomic mass is 79.9.